The number of likely N-dealkylation sites (tertiary alicyclic amines) is 1. The SMILES string of the molecule is Oc1ccc(SCN2C[C@H]3C[C@@H](Oc4ccc(F)cc4)C[C@H]3C2)cc1F. The molecule has 1 heterocycles. The van der Waals surface area contributed by atoms with Crippen molar-refractivity contribution in [2.75, 3.05) is 19.0 Å². The number of hydrogen-bond acceptors (Lipinski definition) is 4. The van der Waals surface area contributed by atoms with E-state index >= 15 is 0 Å². The summed E-state index contributed by atoms with van der Waals surface area (Å²) < 4.78 is 32.4. The Balaban J connectivity index is 1.25. The lowest BCUT2D eigenvalue weighted by atomic mass is 10.0. The lowest BCUT2D eigenvalue weighted by molar-refractivity contribution is 0.189. The quantitative estimate of drug-likeness (QED) is 0.777. The van der Waals surface area contributed by atoms with E-state index in [-0.39, 0.29) is 17.7 Å². The standard InChI is InChI=1S/C20H21F2NO2S/c21-15-1-3-16(4-2-15)25-17-7-13-10-23(11-14(13)8-17)12-26-18-5-6-20(24)19(22)9-18/h1-6,9,13-14,17,24H,7-8,10-12H2/t13-,14+,17-. The highest BCUT2D eigenvalue weighted by Crippen LogP contribution is 2.40. The Morgan fingerprint density at radius 1 is 1.04 bits per heavy atom. The van der Waals surface area contributed by atoms with Gasteiger partial charge in [0.1, 0.15) is 11.6 Å². The van der Waals surface area contributed by atoms with Crippen LogP contribution in [0, 0.1) is 23.5 Å². The van der Waals surface area contributed by atoms with Gasteiger partial charge in [0, 0.05) is 23.9 Å². The second-order valence-electron chi connectivity index (χ2n) is 7.11. The lowest BCUT2D eigenvalue weighted by Crippen LogP contribution is -2.24. The topological polar surface area (TPSA) is 32.7 Å². The second-order valence-corrected chi connectivity index (χ2v) is 8.13. The molecule has 1 aliphatic heterocycles. The summed E-state index contributed by atoms with van der Waals surface area (Å²) in [6, 6.07) is 10.7. The Bertz CT molecular complexity index is 757. The van der Waals surface area contributed by atoms with Crippen molar-refractivity contribution in [2.24, 2.45) is 11.8 Å². The predicted octanol–water partition coefficient (Wildman–Crippen LogP) is 4.51. The Hall–Kier alpha value is -1.79. The van der Waals surface area contributed by atoms with Crippen molar-refractivity contribution < 1.29 is 18.6 Å². The number of nitrogens with zero attached hydrogens (tertiary/aromatic N) is 1. The van der Waals surface area contributed by atoms with Gasteiger partial charge in [-0.25, -0.2) is 8.78 Å². The van der Waals surface area contributed by atoms with E-state index < -0.39 is 5.82 Å². The van der Waals surface area contributed by atoms with Crippen LogP contribution in [0.4, 0.5) is 8.78 Å². The third-order valence-corrected chi connectivity index (χ3v) is 6.31. The highest BCUT2D eigenvalue weighted by molar-refractivity contribution is 7.99. The number of ether oxygens (including phenoxy) is 1. The summed E-state index contributed by atoms with van der Waals surface area (Å²) in [6.45, 7) is 2.06. The summed E-state index contributed by atoms with van der Waals surface area (Å²) in [4.78, 5) is 3.23. The first-order valence-electron chi connectivity index (χ1n) is 8.83. The normalized spacial score (nSPS) is 25.4. The molecule has 2 fully saturated rings. The fourth-order valence-corrected chi connectivity index (χ4v) is 4.89. The lowest BCUT2D eigenvalue weighted by Gasteiger charge is -2.19. The number of benzene rings is 2. The molecule has 138 valence electrons. The maximum absolute atomic E-state index is 13.4. The van der Waals surface area contributed by atoms with Gasteiger partial charge in [-0.15, -0.1) is 11.8 Å². The minimum absolute atomic E-state index is 0.205. The summed E-state index contributed by atoms with van der Waals surface area (Å²) in [5, 5.41) is 9.25. The molecule has 6 heteroatoms. The third-order valence-electron chi connectivity index (χ3n) is 5.23. The van der Waals surface area contributed by atoms with Gasteiger partial charge >= 0.3 is 0 Å². The second kappa shape index (κ2) is 7.45. The summed E-state index contributed by atoms with van der Waals surface area (Å²) in [5.41, 5.74) is 0. The molecular formula is C20H21F2NO2S. The highest BCUT2D eigenvalue weighted by atomic mass is 32.2. The predicted molar refractivity (Wildman–Crippen MR) is 97.4 cm³/mol. The molecule has 3 nitrogen and oxygen atoms in total. The molecule has 0 spiro atoms. The molecule has 2 aromatic carbocycles. The van der Waals surface area contributed by atoms with Crippen LogP contribution in [0.1, 0.15) is 12.8 Å². The fraction of sp³-hybridized carbons (Fsp3) is 0.400. The number of thioether (sulfide) groups is 1. The van der Waals surface area contributed by atoms with Gasteiger partial charge in [-0.1, -0.05) is 0 Å². The van der Waals surface area contributed by atoms with Crippen molar-refractivity contribution in [3.63, 3.8) is 0 Å². The zero-order valence-corrected chi connectivity index (χ0v) is 15.1. The number of rotatable bonds is 5. The van der Waals surface area contributed by atoms with E-state index in [4.69, 9.17) is 4.74 Å². The molecule has 3 atom stereocenters. The zero-order valence-electron chi connectivity index (χ0n) is 14.3. The van der Waals surface area contributed by atoms with E-state index in [9.17, 15) is 13.9 Å². The molecule has 0 aromatic heterocycles. The van der Waals surface area contributed by atoms with Crippen molar-refractivity contribution in [1.82, 2.24) is 4.90 Å². The summed E-state index contributed by atoms with van der Waals surface area (Å²) in [6.07, 6.45) is 2.25. The number of phenolic OH excluding ortho intramolecular Hbond substituents is 1. The molecule has 0 amide bonds. The smallest absolute Gasteiger partial charge is 0.165 e. The average Bonchev–Trinajstić information content (AvgIpc) is 3.16. The Morgan fingerprint density at radius 3 is 2.38 bits per heavy atom. The van der Waals surface area contributed by atoms with Gasteiger partial charge in [-0.2, -0.15) is 0 Å². The number of aromatic hydroxyl groups is 1. The van der Waals surface area contributed by atoms with Gasteiger partial charge in [0.25, 0.3) is 0 Å². The minimum Gasteiger partial charge on any atom is -0.505 e. The van der Waals surface area contributed by atoms with Crippen molar-refractivity contribution >= 4 is 11.8 Å². The van der Waals surface area contributed by atoms with Gasteiger partial charge in [0.05, 0.1) is 6.10 Å². The summed E-state index contributed by atoms with van der Waals surface area (Å²) >= 11 is 1.59. The fourth-order valence-electron chi connectivity index (χ4n) is 3.99. The van der Waals surface area contributed by atoms with Crippen LogP contribution in [0.2, 0.25) is 0 Å². The van der Waals surface area contributed by atoms with Gasteiger partial charge in [0.15, 0.2) is 11.6 Å². The molecule has 0 radical (unpaired) electrons. The molecule has 1 aliphatic carbocycles. The zero-order chi connectivity index (χ0) is 18.1. The maximum Gasteiger partial charge on any atom is 0.165 e. The summed E-state index contributed by atoms with van der Waals surface area (Å²) in [7, 11) is 0. The van der Waals surface area contributed by atoms with Gasteiger partial charge < -0.3 is 9.84 Å². The number of halogens is 2. The van der Waals surface area contributed by atoms with Crippen LogP contribution in [0.3, 0.4) is 0 Å². The van der Waals surface area contributed by atoms with E-state index in [1.807, 2.05) is 0 Å². The van der Waals surface area contributed by atoms with Crippen molar-refractivity contribution in [3.8, 4) is 11.5 Å². The Labute approximate surface area is 156 Å². The van der Waals surface area contributed by atoms with Crippen LogP contribution < -0.4 is 4.74 Å². The first-order chi connectivity index (χ1) is 12.6. The molecule has 1 saturated heterocycles. The van der Waals surface area contributed by atoms with Gasteiger partial charge in [0.2, 0.25) is 0 Å². The molecule has 1 N–H and O–H groups in total. The van der Waals surface area contributed by atoms with E-state index in [0.29, 0.717) is 11.8 Å². The number of fused-ring (bicyclic) bond motifs is 1. The van der Waals surface area contributed by atoms with E-state index in [0.717, 1.165) is 42.5 Å². The molecule has 2 aromatic rings. The molecule has 4 rings (SSSR count). The molecule has 0 unspecified atom stereocenters. The Morgan fingerprint density at radius 2 is 1.73 bits per heavy atom. The van der Waals surface area contributed by atoms with Crippen LogP contribution >= 0.6 is 11.8 Å². The molecule has 0 bridgehead atoms. The van der Waals surface area contributed by atoms with Crippen LogP contribution in [-0.2, 0) is 0 Å². The largest absolute Gasteiger partial charge is 0.505 e. The van der Waals surface area contributed by atoms with Crippen LogP contribution in [0.15, 0.2) is 47.4 Å². The average molecular weight is 377 g/mol. The van der Waals surface area contributed by atoms with Crippen molar-refractivity contribution in [3.05, 3.63) is 54.1 Å². The van der Waals surface area contributed by atoms with Crippen LogP contribution in [0.5, 0.6) is 11.5 Å². The van der Waals surface area contributed by atoms with E-state index in [1.165, 1.54) is 24.3 Å². The number of hydrogen-bond donors (Lipinski definition) is 1. The molecule has 2 aliphatic rings. The van der Waals surface area contributed by atoms with Crippen molar-refractivity contribution in [2.45, 2.75) is 23.8 Å². The third kappa shape index (κ3) is 3.96. The minimum atomic E-state index is -0.575. The monoisotopic (exact) mass is 377 g/mol. The molecular weight excluding hydrogens is 356 g/mol. The van der Waals surface area contributed by atoms with Gasteiger partial charge in [-0.3, -0.25) is 4.90 Å². The van der Waals surface area contributed by atoms with Gasteiger partial charge in [-0.05, 0) is 67.1 Å². The van der Waals surface area contributed by atoms with Crippen LogP contribution in [0.25, 0.3) is 0 Å². The van der Waals surface area contributed by atoms with E-state index in [2.05, 4.69) is 4.90 Å². The number of phenols is 1. The Kier molecular flexibility index (Phi) is 5.05. The highest BCUT2D eigenvalue weighted by Gasteiger charge is 2.41. The molecule has 26 heavy (non-hydrogen) atoms. The summed E-state index contributed by atoms with van der Waals surface area (Å²) in [5.74, 6) is 1.67. The van der Waals surface area contributed by atoms with E-state index in [1.54, 1.807) is 30.0 Å². The first-order valence-corrected chi connectivity index (χ1v) is 9.81. The van der Waals surface area contributed by atoms with Crippen LogP contribution in [-0.4, -0.2) is 35.1 Å². The maximum atomic E-state index is 13.4. The first kappa shape index (κ1) is 17.6. The van der Waals surface area contributed by atoms with Crippen molar-refractivity contribution in [1.29, 1.82) is 0 Å². The molecule has 1 saturated carbocycles.